The molecule has 7 heteroatoms. The Bertz CT molecular complexity index is 440. The number of nitrogens with zero attached hydrogens (tertiary/aromatic N) is 3. The first-order valence-corrected chi connectivity index (χ1v) is 6.51. The number of halogens is 1. The molecular formula is C12H19ClN4O2. The van der Waals surface area contributed by atoms with Gasteiger partial charge in [0.15, 0.2) is 0 Å². The maximum absolute atomic E-state index is 11.8. The smallest absolute Gasteiger partial charge is 0.239 e. The van der Waals surface area contributed by atoms with Crippen molar-refractivity contribution in [2.75, 3.05) is 18.0 Å². The van der Waals surface area contributed by atoms with E-state index in [1.54, 1.807) is 4.90 Å². The Hall–Kier alpha value is -1.40. The summed E-state index contributed by atoms with van der Waals surface area (Å²) in [6, 6.07) is 0.0810. The largest absolute Gasteiger partial charge is 0.391 e. The fourth-order valence-electron chi connectivity index (χ4n) is 1.67. The molecule has 0 fully saturated rings. The summed E-state index contributed by atoms with van der Waals surface area (Å²) >= 11 is 5.91. The maximum atomic E-state index is 11.8. The van der Waals surface area contributed by atoms with E-state index in [9.17, 15) is 9.90 Å². The third-order valence-corrected chi connectivity index (χ3v) is 2.82. The molecule has 19 heavy (non-hydrogen) atoms. The van der Waals surface area contributed by atoms with Crippen molar-refractivity contribution in [2.45, 2.75) is 33.4 Å². The third kappa shape index (κ3) is 4.33. The average molecular weight is 287 g/mol. The molecule has 0 saturated heterocycles. The Labute approximate surface area is 117 Å². The van der Waals surface area contributed by atoms with Gasteiger partial charge in [-0.2, -0.15) is 0 Å². The molecule has 0 unspecified atom stereocenters. The Kier molecular flexibility index (Phi) is 5.98. The Balaban J connectivity index is 2.91. The zero-order chi connectivity index (χ0) is 14.4. The van der Waals surface area contributed by atoms with Crippen molar-refractivity contribution in [1.82, 2.24) is 15.3 Å². The number of carbonyl (C=O) groups is 1. The predicted molar refractivity (Wildman–Crippen MR) is 74.1 cm³/mol. The molecule has 106 valence electrons. The number of nitrogens with one attached hydrogen (secondary N) is 1. The van der Waals surface area contributed by atoms with Crippen LogP contribution in [0.3, 0.4) is 0 Å². The van der Waals surface area contributed by atoms with E-state index in [4.69, 9.17) is 11.6 Å². The lowest BCUT2D eigenvalue weighted by atomic mass is 10.3. The molecule has 1 rings (SSSR count). The van der Waals surface area contributed by atoms with Gasteiger partial charge >= 0.3 is 0 Å². The first-order chi connectivity index (χ1) is 8.99. The van der Waals surface area contributed by atoms with Crippen LogP contribution < -0.4 is 10.2 Å². The van der Waals surface area contributed by atoms with Crippen molar-refractivity contribution in [3.05, 3.63) is 17.0 Å². The van der Waals surface area contributed by atoms with E-state index >= 15 is 0 Å². The molecule has 0 spiro atoms. The van der Waals surface area contributed by atoms with E-state index in [1.807, 2.05) is 20.8 Å². The van der Waals surface area contributed by atoms with Gasteiger partial charge in [-0.05, 0) is 20.8 Å². The summed E-state index contributed by atoms with van der Waals surface area (Å²) in [5, 5.41) is 12.3. The number of hydrogen-bond donors (Lipinski definition) is 2. The highest BCUT2D eigenvalue weighted by molar-refractivity contribution is 6.30. The second kappa shape index (κ2) is 7.25. The normalized spacial score (nSPS) is 10.6. The monoisotopic (exact) mass is 286 g/mol. The third-order valence-electron chi connectivity index (χ3n) is 2.49. The van der Waals surface area contributed by atoms with Crippen LogP contribution in [0.2, 0.25) is 5.15 Å². The average Bonchev–Trinajstić information content (AvgIpc) is 2.34. The number of aliphatic hydroxyl groups is 1. The molecule has 0 aromatic carbocycles. The zero-order valence-electron chi connectivity index (χ0n) is 11.4. The SMILES string of the molecule is CCN(CC(=O)NC(C)C)c1ncnc(Cl)c1CO. The van der Waals surface area contributed by atoms with Gasteiger partial charge in [-0.25, -0.2) is 9.97 Å². The van der Waals surface area contributed by atoms with Gasteiger partial charge in [0.25, 0.3) is 0 Å². The summed E-state index contributed by atoms with van der Waals surface area (Å²) in [6.07, 6.45) is 1.32. The van der Waals surface area contributed by atoms with Crippen LogP contribution in [0.5, 0.6) is 0 Å². The molecule has 1 amide bonds. The number of aliphatic hydroxyl groups excluding tert-OH is 1. The second-order valence-corrected chi connectivity index (χ2v) is 4.72. The summed E-state index contributed by atoms with van der Waals surface area (Å²) < 4.78 is 0. The highest BCUT2D eigenvalue weighted by atomic mass is 35.5. The van der Waals surface area contributed by atoms with Crippen molar-refractivity contribution in [3.63, 3.8) is 0 Å². The summed E-state index contributed by atoms with van der Waals surface area (Å²) in [6.45, 7) is 6.17. The number of anilines is 1. The zero-order valence-corrected chi connectivity index (χ0v) is 12.1. The van der Waals surface area contributed by atoms with Crippen LogP contribution >= 0.6 is 11.6 Å². The van der Waals surface area contributed by atoms with E-state index in [-0.39, 0.29) is 30.3 Å². The van der Waals surface area contributed by atoms with E-state index < -0.39 is 0 Å². The Morgan fingerprint density at radius 2 is 2.21 bits per heavy atom. The second-order valence-electron chi connectivity index (χ2n) is 4.36. The van der Waals surface area contributed by atoms with Crippen LogP contribution in [0, 0.1) is 0 Å². The quantitative estimate of drug-likeness (QED) is 0.762. The van der Waals surface area contributed by atoms with Gasteiger partial charge in [0.05, 0.1) is 18.7 Å². The summed E-state index contributed by atoms with van der Waals surface area (Å²) in [4.78, 5) is 21.5. The molecule has 2 N–H and O–H groups in total. The van der Waals surface area contributed by atoms with Gasteiger partial charge in [0.1, 0.15) is 17.3 Å². The molecule has 0 radical (unpaired) electrons. The summed E-state index contributed by atoms with van der Waals surface area (Å²) in [5.41, 5.74) is 0.434. The fourth-order valence-corrected chi connectivity index (χ4v) is 1.86. The number of hydrogen-bond acceptors (Lipinski definition) is 5. The van der Waals surface area contributed by atoms with Crippen molar-refractivity contribution in [2.24, 2.45) is 0 Å². The molecule has 0 aliphatic rings. The van der Waals surface area contributed by atoms with Gasteiger partial charge in [0.2, 0.25) is 5.91 Å². The molecule has 1 heterocycles. The van der Waals surface area contributed by atoms with Crippen LogP contribution in [-0.4, -0.2) is 40.1 Å². The molecule has 1 aromatic rings. The molecule has 6 nitrogen and oxygen atoms in total. The minimum absolute atomic E-state index is 0.0810. The standard InChI is InChI=1S/C12H19ClN4O2/c1-4-17(5-10(19)16-8(2)3)12-9(6-18)11(13)14-7-15-12/h7-8,18H,4-6H2,1-3H3,(H,16,19). The van der Waals surface area contributed by atoms with E-state index in [0.29, 0.717) is 17.9 Å². The number of rotatable bonds is 6. The molecular weight excluding hydrogens is 268 g/mol. The molecule has 0 aliphatic heterocycles. The summed E-state index contributed by atoms with van der Waals surface area (Å²) in [5.74, 6) is 0.388. The van der Waals surface area contributed by atoms with Crippen molar-refractivity contribution >= 4 is 23.3 Å². The predicted octanol–water partition coefficient (Wildman–Crippen LogP) is 0.973. The first-order valence-electron chi connectivity index (χ1n) is 6.14. The highest BCUT2D eigenvalue weighted by Crippen LogP contribution is 2.22. The van der Waals surface area contributed by atoms with E-state index in [0.717, 1.165) is 0 Å². The lowest BCUT2D eigenvalue weighted by molar-refractivity contribution is -0.120. The number of aromatic nitrogens is 2. The Morgan fingerprint density at radius 1 is 1.53 bits per heavy atom. The lowest BCUT2D eigenvalue weighted by Crippen LogP contribution is -2.40. The van der Waals surface area contributed by atoms with Gasteiger partial charge in [-0.3, -0.25) is 4.79 Å². The van der Waals surface area contributed by atoms with Crippen LogP contribution in [0.25, 0.3) is 0 Å². The maximum Gasteiger partial charge on any atom is 0.239 e. The van der Waals surface area contributed by atoms with Gasteiger partial charge in [-0.1, -0.05) is 11.6 Å². The Morgan fingerprint density at radius 3 is 2.74 bits per heavy atom. The van der Waals surface area contributed by atoms with Gasteiger partial charge in [0, 0.05) is 12.6 Å². The number of likely N-dealkylation sites (N-methyl/N-ethyl adjacent to an activating group) is 1. The van der Waals surface area contributed by atoms with Gasteiger partial charge in [-0.15, -0.1) is 0 Å². The minimum atomic E-state index is -0.267. The summed E-state index contributed by atoms with van der Waals surface area (Å²) in [7, 11) is 0. The molecule has 0 saturated carbocycles. The van der Waals surface area contributed by atoms with Crippen molar-refractivity contribution in [3.8, 4) is 0 Å². The van der Waals surface area contributed by atoms with Crippen molar-refractivity contribution in [1.29, 1.82) is 0 Å². The first kappa shape index (κ1) is 15.7. The van der Waals surface area contributed by atoms with Crippen LogP contribution in [-0.2, 0) is 11.4 Å². The fraction of sp³-hybridized carbons (Fsp3) is 0.583. The lowest BCUT2D eigenvalue weighted by Gasteiger charge is -2.24. The topological polar surface area (TPSA) is 78.4 Å². The number of carbonyl (C=O) groups excluding carboxylic acids is 1. The molecule has 0 bridgehead atoms. The van der Waals surface area contributed by atoms with Crippen LogP contribution in [0.15, 0.2) is 6.33 Å². The van der Waals surface area contributed by atoms with Crippen LogP contribution in [0.4, 0.5) is 5.82 Å². The number of amides is 1. The van der Waals surface area contributed by atoms with Crippen LogP contribution in [0.1, 0.15) is 26.3 Å². The van der Waals surface area contributed by atoms with Crippen molar-refractivity contribution < 1.29 is 9.90 Å². The van der Waals surface area contributed by atoms with E-state index in [1.165, 1.54) is 6.33 Å². The van der Waals surface area contributed by atoms with E-state index in [2.05, 4.69) is 15.3 Å². The minimum Gasteiger partial charge on any atom is -0.391 e. The van der Waals surface area contributed by atoms with Gasteiger partial charge < -0.3 is 15.3 Å². The molecule has 0 aliphatic carbocycles. The highest BCUT2D eigenvalue weighted by Gasteiger charge is 2.17. The molecule has 0 atom stereocenters. The molecule has 1 aromatic heterocycles.